The Bertz CT molecular complexity index is 895. The van der Waals surface area contributed by atoms with E-state index in [-0.39, 0.29) is 5.91 Å². The molecule has 3 aromatic rings. The summed E-state index contributed by atoms with van der Waals surface area (Å²) < 4.78 is 2.45. The number of carbonyl (C=O) groups is 1. The minimum absolute atomic E-state index is 0.304. The molecule has 1 amide bonds. The van der Waals surface area contributed by atoms with Gasteiger partial charge in [-0.05, 0) is 29.8 Å². The van der Waals surface area contributed by atoms with Gasteiger partial charge in [0.1, 0.15) is 5.82 Å². The van der Waals surface area contributed by atoms with E-state index in [0.29, 0.717) is 28.0 Å². The number of aromatic nitrogens is 2. The molecule has 0 radical (unpaired) electrons. The van der Waals surface area contributed by atoms with Gasteiger partial charge in [0.05, 0.1) is 23.3 Å². The van der Waals surface area contributed by atoms with Crippen LogP contribution in [0.4, 0.5) is 5.82 Å². The lowest BCUT2D eigenvalue weighted by molar-refractivity contribution is 0.102. The van der Waals surface area contributed by atoms with Crippen LogP contribution >= 0.6 is 39.1 Å². The van der Waals surface area contributed by atoms with Crippen molar-refractivity contribution in [2.75, 3.05) is 5.32 Å². The summed E-state index contributed by atoms with van der Waals surface area (Å²) in [4.78, 5) is 12.5. The van der Waals surface area contributed by atoms with Crippen molar-refractivity contribution in [3.8, 4) is 0 Å². The van der Waals surface area contributed by atoms with Crippen LogP contribution in [0.5, 0.6) is 0 Å². The van der Waals surface area contributed by atoms with Crippen LogP contribution in [0.1, 0.15) is 15.9 Å². The van der Waals surface area contributed by atoms with Gasteiger partial charge in [0.2, 0.25) is 0 Å². The van der Waals surface area contributed by atoms with Gasteiger partial charge in [0, 0.05) is 15.6 Å². The van der Waals surface area contributed by atoms with Crippen molar-refractivity contribution in [3.05, 3.63) is 80.4 Å². The molecule has 0 unspecified atom stereocenters. The molecular weight excluding hydrogens is 413 g/mol. The Balaban J connectivity index is 1.82. The SMILES string of the molecule is O=C(Nc1ccnn1Cc1ccccc1Cl)c1cc(Br)ccc1Cl. The Morgan fingerprint density at radius 1 is 1.12 bits per heavy atom. The van der Waals surface area contributed by atoms with Crippen molar-refractivity contribution in [1.29, 1.82) is 0 Å². The summed E-state index contributed by atoms with van der Waals surface area (Å²) in [7, 11) is 0. The summed E-state index contributed by atoms with van der Waals surface area (Å²) in [6.45, 7) is 0.453. The average Bonchev–Trinajstić information content (AvgIpc) is 2.99. The van der Waals surface area contributed by atoms with Crippen LogP contribution in [0.25, 0.3) is 0 Å². The number of carbonyl (C=O) groups excluding carboxylic acids is 1. The van der Waals surface area contributed by atoms with E-state index in [9.17, 15) is 4.79 Å². The number of nitrogens with zero attached hydrogens (tertiary/aromatic N) is 2. The Kier molecular flexibility index (Phi) is 5.23. The second-order valence-electron chi connectivity index (χ2n) is 5.04. The first-order valence-corrected chi connectivity index (χ1v) is 8.61. The molecule has 0 spiro atoms. The maximum Gasteiger partial charge on any atom is 0.258 e. The normalized spacial score (nSPS) is 10.6. The summed E-state index contributed by atoms with van der Waals surface area (Å²) >= 11 is 15.6. The Hall–Kier alpha value is -1.82. The minimum atomic E-state index is -0.304. The van der Waals surface area contributed by atoms with E-state index in [0.717, 1.165) is 10.0 Å². The Morgan fingerprint density at radius 3 is 2.71 bits per heavy atom. The van der Waals surface area contributed by atoms with Crippen LogP contribution in [0, 0.1) is 0 Å². The fraction of sp³-hybridized carbons (Fsp3) is 0.0588. The van der Waals surface area contributed by atoms with Gasteiger partial charge >= 0.3 is 0 Å². The van der Waals surface area contributed by atoms with E-state index < -0.39 is 0 Å². The van der Waals surface area contributed by atoms with Gasteiger partial charge in [-0.15, -0.1) is 0 Å². The van der Waals surface area contributed by atoms with E-state index in [2.05, 4.69) is 26.3 Å². The number of benzene rings is 2. The first-order valence-electron chi connectivity index (χ1n) is 7.06. The molecule has 1 heterocycles. The first kappa shape index (κ1) is 17.0. The van der Waals surface area contributed by atoms with Gasteiger partial charge in [-0.3, -0.25) is 4.79 Å². The molecule has 122 valence electrons. The monoisotopic (exact) mass is 423 g/mol. The third-order valence-electron chi connectivity index (χ3n) is 3.41. The maximum absolute atomic E-state index is 12.5. The lowest BCUT2D eigenvalue weighted by atomic mass is 10.2. The topological polar surface area (TPSA) is 46.9 Å². The largest absolute Gasteiger partial charge is 0.307 e. The molecule has 3 rings (SSSR count). The van der Waals surface area contributed by atoms with Crippen molar-refractivity contribution >= 4 is 50.9 Å². The predicted molar refractivity (Wildman–Crippen MR) is 99.9 cm³/mol. The second kappa shape index (κ2) is 7.38. The Labute approximate surface area is 157 Å². The average molecular weight is 425 g/mol. The van der Waals surface area contributed by atoms with Gasteiger partial charge in [-0.1, -0.05) is 57.3 Å². The number of halogens is 3. The van der Waals surface area contributed by atoms with Crippen LogP contribution in [-0.4, -0.2) is 15.7 Å². The highest BCUT2D eigenvalue weighted by molar-refractivity contribution is 9.10. The van der Waals surface area contributed by atoms with E-state index in [1.165, 1.54) is 0 Å². The lowest BCUT2D eigenvalue weighted by Gasteiger charge is -2.11. The molecule has 0 aliphatic carbocycles. The van der Waals surface area contributed by atoms with Crippen molar-refractivity contribution in [1.82, 2.24) is 9.78 Å². The van der Waals surface area contributed by atoms with E-state index in [1.54, 1.807) is 35.1 Å². The van der Waals surface area contributed by atoms with E-state index in [1.807, 2.05) is 24.3 Å². The minimum Gasteiger partial charge on any atom is -0.307 e. The van der Waals surface area contributed by atoms with Crippen LogP contribution in [-0.2, 0) is 6.54 Å². The molecule has 2 aromatic carbocycles. The highest BCUT2D eigenvalue weighted by Crippen LogP contribution is 2.23. The standard InChI is InChI=1S/C17H12BrCl2N3O/c18-12-5-6-15(20)13(9-12)17(24)22-16-7-8-21-23(16)10-11-3-1-2-4-14(11)19/h1-9H,10H2,(H,22,24). The fourth-order valence-electron chi connectivity index (χ4n) is 2.21. The molecule has 1 N–H and O–H groups in total. The number of hydrogen-bond acceptors (Lipinski definition) is 2. The summed E-state index contributed by atoms with van der Waals surface area (Å²) in [5.41, 5.74) is 1.30. The molecule has 0 aliphatic heterocycles. The molecule has 0 atom stereocenters. The number of nitrogens with one attached hydrogen (secondary N) is 1. The second-order valence-corrected chi connectivity index (χ2v) is 6.77. The zero-order valence-corrected chi connectivity index (χ0v) is 15.4. The molecule has 24 heavy (non-hydrogen) atoms. The number of rotatable bonds is 4. The number of amides is 1. The number of anilines is 1. The van der Waals surface area contributed by atoms with Crippen molar-refractivity contribution in [2.45, 2.75) is 6.54 Å². The van der Waals surface area contributed by atoms with Gasteiger partial charge in [-0.25, -0.2) is 4.68 Å². The smallest absolute Gasteiger partial charge is 0.258 e. The third-order valence-corrected chi connectivity index (χ3v) is 4.60. The molecule has 0 aliphatic rings. The molecular formula is C17H12BrCl2N3O. The fourth-order valence-corrected chi connectivity index (χ4v) is 2.97. The molecule has 0 bridgehead atoms. The summed E-state index contributed by atoms with van der Waals surface area (Å²) in [6.07, 6.45) is 1.62. The van der Waals surface area contributed by atoms with Crippen LogP contribution in [0.2, 0.25) is 10.0 Å². The van der Waals surface area contributed by atoms with Crippen LogP contribution < -0.4 is 5.32 Å². The van der Waals surface area contributed by atoms with Crippen molar-refractivity contribution in [2.24, 2.45) is 0 Å². The first-order chi connectivity index (χ1) is 11.5. The summed E-state index contributed by atoms with van der Waals surface area (Å²) in [5.74, 6) is 0.262. The Morgan fingerprint density at radius 2 is 1.92 bits per heavy atom. The zero-order chi connectivity index (χ0) is 17.1. The van der Waals surface area contributed by atoms with Crippen LogP contribution in [0.3, 0.4) is 0 Å². The van der Waals surface area contributed by atoms with Crippen molar-refractivity contribution in [3.63, 3.8) is 0 Å². The van der Waals surface area contributed by atoms with E-state index >= 15 is 0 Å². The highest BCUT2D eigenvalue weighted by atomic mass is 79.9. The van der Waals surface area contributed by atoms with Crippen LogP contribution in [0.15, 0.2) is 59.2 Å². The molecule has 1 aromatic heterocycles. The van der Waals surface area contributed by atoms with Crippen molar-refractivity contribution < 1.29 is 4.79 Å². The summed E-state index contributed by atoms with van der Waals surface area (Å²) in [5, 5.41) is 8.10. The highest BCUT2D eigenvalue weighted by Gasteiger charge is 2.14. The molecule has 7 heteroatoms. The van der Waals surface area contributed by atoms with Gasteiger partial charge in [0.15, 0.2) is 0 Å². The van der Waals surface area contributed by atoms with Gasteiger partial charge < -0.3 is 5.32 Å². The summed E-state index contributed by atoms with van der Waals surface area (Å²) in [6, 6.07) is 14.4. The third kappa shape index (κ3) is 3.80. The zero-order valence-electron chi connectivity index (χ0n) is 12.3. The molecule has 0 fully saturated rings. The lowest BCUT2D eigenvalue weighted by Crippen LogP contribution is -2.16. The predicted octanol–water partition coefficient (Wildman–Crippen LogP) is 5.25. The molecule has 4 nitrogen and oxygen atoms in total. The number of hydrogen-bond donors (Lipinski definition) is 1. The maximum atomic E-state index is 12.5. The molecule has 0 saturated carbocycles. The van der Waals surface area contributed by atoms with E-state index in [4.69, 9.17) is 23.2 Å². The molecule has 0 saturated heterocycles. The quantitative estimate of drug-likeness (QED) is 0.621. The van der Waals surface area contributed by atoms with Gasteiger partial charge in [-0.2, -0.15) is 5.10 Å². The van der Waals surface area contributed by atoms with Gasteiger partial charge in [0.25, 0.3) is 5.91 Å².